The van der Waals surface area contributed by atoms with E-state index < -0.39 is 0 Å². The molecule has 0 unspecified atom stereocenters. The molecule has 3 N–H and O–H groups in total. The first-order valence-electron chi connectivity index (χ1n) is 8.54. The molecule has 6 heteroatoms. The molecule has 0 saturated heterocycles. The lowest BCUT2D eigenvalue weighted by molar-refractivity contribution is 0.129. The molecule has 1 aromatic heterocycles. The summed E-state index contributed by atoms with van der Waals surface area (Å²) >= 11 is 0. The fourth-order valence-electron chi connectivity index (χ4n) is 2.67. The minimum Gasteiger partial charge on any atom is -0.379 e. The van der Waals surface area contributed by atoms with Crippen LogP contribution in [0.4, 0.5) is 4.39 Å². The summed E-state index contributed by atoms with van der Waals surface area (Å²) in [7, 11) is 1.75. The Bertz CT molecular complexity index is 693. The van der Waals surface area contributed by atoms with Gasteiger partial charge in [-0.25, -0.2) is 4.39 Å². The number of aliphatic imine (C=N–C) groups is 1. The Morgan fingerprint density at radius 2 is 2.17 bits per heavy atom. The van der Waals surface area contributed by atoms with Gasteiger partial charge in [-0.1, -0.05) is 0 Å². The molecule has 1 aliphatic carbocycles. The van der Waals surface area contributed by atoms with Gasteiger partial charge in [-0.2, -0.15) is 0 Å². The molecule has 1 saturated carbocycles. The summed E-state index contributed by atoms with van der Waals surface area (Å²) in [5.74, 6) is 1.35. The van der Waals surface area contributed by atoms with Crippen molar-refractivity contribution in [2.45, 2.75) is 19.3 Å². The Labute approximate surface area is 141 Å². The summed E-state index contributed by atoms with van der Waals surface area (Å²) < 4.78 is 19.0. The van der Waals surface area contributed by atoms with Crippen LogP contribution in [0.3, 0.4) is 0 Å². The van der Waals surface area contributed by atoms with Crippen molar-refractivity contribution in [1.82, 2.24) is 15.6 Å². The van der Waals surface area contributed by atoms with E-state index in [1.807, 2.05) is 6.20 Å². The van der Waals surface area contributed by atoms with Gasteiger partial charge >= 0.3 is 0 Å². The van der Waals surface area contributed by atoms with E-state index in [1.54, 1.807) is 19.2 Å². The van der Waals surface area contributed by atoms with Gasteiger partial charge in [-0.05, 0) is 48.9 Å². The summed E-state index contributed by atoms with van der Waals surface area (Å²) in [6.07, 6.45) is 5.36. The van der Waals surface area contributed by atoms with Crippen LogP contribution in [0.15, 0.2) is 29.4 Å². The zero-order valence-electron chi connectivity index (χ0n) is 14.1. The van der Waals surface area contributed by atoms with Crippen molar-refractivity contribution in [3.8, 4) is 0 Å². The van der Waals surface area contributed by atoms with E-state index in [0.717, 1.165) is 54.5 Å². The van der Waals surface area contributed by atoms with Crippen LogP contribution in [0, 0.1) is 11.7 Å². The second-order valence-corrected chi connectivity index (χ2v) is 6.20. The van der Waals surface area contributed by atoms with Crippen molar-refractivity contribution in [1.29, 1.82) is 0 Å². The third kappa shape index (κ3) is 4.71. The highest BCUT2D eigenvalue weighted by Crippen LogP contribution is 2.28. The van der Waals surface area contributed by atoms with Crippen LogP contribution < -0.4 is 10.6 Å². The maximum absolute atomic E-state index is 13.4. The van der Waals surface area contributed by atoms with E-state index in [2.05, 4.69) is 20.6 Å². The van der Waals surface area contributed by atoms with Crippen LogP contribution in [-0.4, -0.2) is 44.3 Å². The van der Waals surface area contributed by atoms with Gasteiger partial charge in [0, 0.05) is 43.8 Å². The smallest absolute Gasteiger partial charge is 0.191 e. The molecule has 0 bridgehead atoms. The maximum Gasteiger partial charge on any atom is 0.191 e. The molecule has 130 valence electrons. The maximum atomic E-state index is 13.4. The fraction of sp³-hybridized carbons (Fsp3) is 0.500. The number of benzene rings is 1. The monoisotopic (exact) mass is 332 g/mol. The largest absolute Gasteiger partial charge is 0.379 e. The Morgan fingerprint density at radius 3 is 2.96 bits per heavy atom. The number of halogens is 1. The van der Waals surface area contributed by atoms with Crippen molar-refractivity contribution in [2.75, 3.05) is 33.4 Å². The molecule has 5 nitrogen and oxygen atoms in total. The molecule has 24 heavy (non-hydrogen) atoms. The first-order valence-corrected chi connectivity index (χ1v) is 8.54. The molecule has 1 aromatic carbocycles. The van der Waals surface area contributed by atoms with Crippen LogP contribution in [0.1, 0.15) is 18.4 Å². The molecule has 1 aliphatic rings. The lowest BCUT2D eigenvalue weighted by Crippen LogP contribution is -2.39. The molecule has 0 amide bonds. The topological polar surface area (TPSA) is 61.4 Å². The van der Waals surface area contributed by atoms with E-state index in [0.29, 0.717) is 6.61 Å². The van der Waals surface area contributed by atoms with Gasteiger partial charge in [0.25, 0.3) is 0 Å². The van der Waals surface area contributed by atoms with Crippen LogP contribution in [0.25, 0.3) is 10.9 Å². The van der Waals surface area contributed by atoms with Gasteiger partial charge in [-0.3, -0.25) is 4.99 Å². The third-order valence-electron chi connectivity index (χ3n) is 4.23. The second kappa shape index (κ2) is 8.15. The molecule has 0 spiro atoms. The van der Waals surface area contributed by atoms with Gasteiger partial charge in [0.1, 0.15) is 5.82 Å². The van der Waals surface area contributed by atoms with Gasteiger partial charge < -0.3 is 20.4 Å². The predicted octanol–water partition coefficient (Wildman–Crippen LogP) is 2.44. The van der Waals surface area contributed by atoms with Crippen molar-refractivity contribution in [3.63, 3.8) is 0 Å². The molecule has 0 atom stereocenters. The number of fused-ring (bicyclic) bond motifs is 1. The summed E-state index contributed by atoms with van der Waals surface area (Å²) in [4.78, 5) is 7.37. The van der Waals surface area contributed by atoms with Crippen molar-refractivity contribution in [2.24, 2.45) is 10.9 Å². The van der Waals surface area contributed by atoms with Crippen LogP contribution in [0.2, 0.25) is 0 Å². The van der Waals surface area contributed by atoms with E-state index in [9.17, 15) is 4.39 Å². The third-order valence-corrected chi connectivity index (χ3v) is 4.23. The predicted molar refractivity (Wildman–Crippen MR) is 94.9 cm³/mol. The number of rotatable bonds is 8. The van der Waals surface area contributed by atoms with Gasteiger partial charge in [0.05, 0.1) is 6.61 Å². The Balaban J connectivity index is 1.39. The quantitative estimate of drug-likeness (QED) is 0.395. The number of hydrogen-bond acceptors (Lipinski definition) is 2. The zero-order chi connectivity index (χ0) is 16.8. The summed E-state index contributed by atoms with van der Waals surface area (Å²) in [6.45, 7) is 3.04. The van der Waals surface area contributed by atoms with Gasteiger partial charge in [0.2, 0.25) is 0 Å². The molecule has 1 heterocycles. The highest BCUT2D eigenvalue weighted by Gasteiger charge is 2.20. The molecular weight excluding hydrogens is 307 g/mol. The van der Waals surface area contributed by atoms with E-state index in [1.165, 1.54) is 18.9 Å². The first kappa shape index (κ1) is 16.8. The van der Waals surface area contributed by atoms with Crippen LogP contribution in [-0.2, 0) is 11.2 Å². The summed E-state index contributed by atoms with van der Waals surface area (Å²) in [6, 6.07) is 4.81. The molecular formula is C18H25FN4O. The number of aromatic nitrogens is 1. The lowest BCUT2D eigenvalue weighted by atomic mass is 10.1. The molecule has 2 aromatic rings. The minimum absolute atomic E-state index is 0.208. The summed E-state index contributed by atoms with van der Waals surface area (Å²) in [5.41, 5.74) is 2.06. The normalized spacial score (nSPS) is 15.0. The van der Waals surface area contributed by atoms with Crippen LogP contribution >= 0.6 is 0 Å². The highest BCUT2D eigenvalue weighted by molar-refractivity contribution is 5.83. The van der Waals surface area contributed by atoms with E-state index in [-0.39, 0.29) is 5.82 Å². The Kier molecular flexibility index (Phi) is 5.69. The average molecular weight is 332 g/mol. The van der Waals surface area contributed by atoms with E-state index >= 15 is 0 Å². The first-order chi connectivity index (χ1) is 11.8. The fourth-order valence-corrected chi connectivity index (χ4v) is 2.67. The number of hydrogen-bond donors (Lipinski definition) is 3. The van der Waals surface area contributed by atoms with Gasteiger partial charge in [0.15, 0.2) is 5.96 Å². The van der Waals surface area contributed by atoms with Crippen molar-refractivity contribution < 1.29 is 9.13 Å². The number of nitrogens with zero attached hydrogens (tertiary/aromatic N) is 1. The number of guanidine groups is 1. The number of ether oxygens (including phenoxy) is 1. The Hall–Kier alpha value is -2.08. The highest BCUT2D eigenvalue weighted by atomic mass is 19.1. The standard InChI is InChI=1S/C18H25FN4O/c1-20-18(22-8-9-24-12-13-2-3-13)21-7-6-14-11-23-17-5-4-15(19)10-16(14)17/h4-5,10-11,13,23H,2-3,6-9,12H2,1H3,(H2,20,21,22). The van der Waals surface area contributed by atoms with Gasteiger partial charge in [-0.15, -0.1) is 0 Å². The second-order valence-electron chi connectivity index (χ2n) is 6.20. The number of aromatic amines is 1. The Morgan fingerprint density at radius 1 is 1.33 bits per heavy atom. The molecule has 3 rings (SSSR count). The molecule has 1 fully saturated rings. The van der Waals surface area contributed by atoms with Crippen LogP contribution in [0.5, 0.6) is 0 Å². The number of H-pyrrole nitrogens is 1. The summed E-state index contributed by atoms with van der Waals surface area (Å²) in [5, 5.41) is 7.45. The zero-order valence-corrected chi connectivity index (χ0v) is 14.1. The molecule has 0 aliphatic heterocycles. The van der Waals surface area contributed by atoms with E-state index in [4.69, 9.17) is 4.74 Å². The van der Waals surface area contributed by atoms with Crippen molar-refractivity contribution >= 4 is 16.9 Å². The van der Waals surface area contributed by atoms with Crippen molar-refractivity contribution in [3.05, 3.63) is 35.8 Å². The molecule has 0 radical (unpaired) electrons. The number of nitrogens with one attached hydrogen (secondary N) is 3. The average Bonchev–Trinajstić information content (AvgIpc) is 3.33. The SMILES string of the molecule is CN=C(NCCOCC1CC1)NCCc1c[nH]c2ccc(F)cc12. The minimum atomic E-state index is -0.208. The lowest BCUT2D eigenvalue weighted by Gasteiger charge is -2.12.